The number of carboxylic acids is 1. The molecule has 7 heteroatoms. The zero-order chi connectivity index (χ0) is 14.2. The molecule has 3 heterocycles. The molecule has 106 valence electrons. The second-order valence-electron chi connectivity index (χ2n) is 5.13. The minimum atomic E-state index is -0.830. The number of hydrogen-bond donors (Lipinski definition) is 1. The maximum atomic E-state index is 11.4. The molecule has 0 aliphatic carbocycles. The third-order valence-corrected chi connectivity index (χ3v) is 4.50. The lowest BCUT2D eigenvalue weighted by Crippen LogP contribution is -2.47. The number of hydrogen-bond acceptors (Lipinski definition) is 6. The fourth-order valence-corrected chi connectivity index (χ4v) is 3.14. The maximum absolute atomic E-state index is 11.4. The molecule has 0 aromatic carbocycles. The first-order valence-electron chi connectivity index (χ1n) is 6.43. The number of rotatable bonds is 4. The van der Waals surface area contributed by atoms with E-state index in [0.717, 1.165) is 18.5 Å². The van der Waals surface area contributed by atoms with E-state index in [1.165, 1.54) is 0 Å². The minimum absolute atomic E-state index is 0.399. The van der Waals surface area contributed by atoms with Gasteiger partial charge in [0.25, 0.3) is 5.89 Å². The summed E-state index contributed by atoms with van der Waals surface area (Å²) in [5.74, 6) is 0.217. The third kappa shape index (κ3) is 2.23. The van der Waals surface area contributed by atoms with Crippen molar-refractivity contribution in [1.29, 1.82) is 0 Å². The predicted molar refractivity (Wildman–Crippen MR) is 73.3 cm³/mol. The van der Waals surface area contributed by atoms with Crippen LogP contribution in [0.2, 0.25) is 0 Å². The van der Waals surface area contributed by atoms with Crippen LogP contribution in [0.3, 0.4) is 0 Å². The van der Waals surface area contributed by atoms with Gasteiger partial charge < -0.3 is 9.63 Å². The number of aliphatic carboxylic acids is 1. The van der Waals surface area contributed by atoms with E-state index in [9.17, 15) is 9.90 Å². The van der Waals surface area contributed by atoms with Gasteiger partial charge in [0.2, 0.25) is 0 Å². The van der Waals surface area contributed by atoms with E-state index in [4.69, 9.17) is 4.52 Å². The lowest BCUT2D eigenvalue weighted by Gasteiger charge is -2.29. The highest BCUT2D eigenvalue weighted by molar-refractivity contribution is 7.08. The first-order valence-corrected chi connectivity index (χ1v) is 7.37. The molecule has 0 amide bonds. The molecular weight excluding hydrogens is 278 g/mol. The minimum Gasteiger partial charge on any atom is -0.480 e. The van der Waals surface area contributed by atoms with Gasteiger partial charge >= 0.3 is 5.97 Å². The highest BCUT2D eigenvalue weighted by Gasteiger charge is 2.43. The molecule has 0 bridgehead atoms. The average molecular weight is 293 g/mol. The summed E-state index contributed by atoms with van der Waals surface area (Å²) in [5, 5.41) is 17.2. The zero-order valence-electron chi connectivity index (χ0n) is 11.1. The summed E-state index contributed by atoms with van der Waals surface area (Å²) in [6, 6.07) is 1.92. The van der Waals surface area contributed by atoms with Crippen molar-refractivity contribution in [3.63, 3.8) is 0 Å². The Morgan fingerprint density at radius 1 is 1.65 bits per heavy atom. The first-order chi connectivity index (χ1) is 9.59. The van der Waals surface area contributed by atoms with Crippen LogP contribution in [0.4, 0.5) is 0 Å². The molecule has 1 saturated heterocycles. The van der Waals surface area contributed by atoms with Gasteiger partial charge in [-0.15, -0.1) is 0 Å². The number of nitrogens with zero attached hydrogens (tertiary/aromatic N) is 3. The Labute approximate surface area is 120 Å². The van der Waals surface area contributed by atoms with Crippen LogP contribution >= 0.6 is 11.3 Å². The molecule has 20 heavy (non-hydrogen) atoms. The largest absolute Gasteiger partial charge is 0.480 e. The van der Waals surface area contributed by atoms with E-state index in [1.807, 2.05) is 21.7 Å². The fourth-order valence-electron chi connectivity index (χ4n) is 2.51. The Morgan fingerprint density at radius 3 is 3.20 bits per heavy atom. The molecule has 0 spiro atoms. The molecule has 2 aromatic heterocycles. The monoisotopic (exact) mass is 293 g/mol. The molecule has 6 nitrogen and oxygen atoms in total. The topological polar surface area (TPSA) is 79.5 Å². The molecule has 1 aliphatic heterocycles. The van der Waals surface area contributed by atoms with Crippen LogP contribution in [-0.2, 0) is 11.3 Å². The summed E-state index contributed by atoms with van der Waals surface area (Å²) in [6.07, 6.45) is 1.52. The molecule has 1 fully saturated rings. The normalized spacial score (nSPS) is 23.2. The Kier molecular flexibility index (Phi) is 3.31. The number of thiophene rings is 1. The Balaban J connectivity index is 1.77. The average Bonchev–Trinajstić information content (AvgIpc) is 3.12. The molecule has 3 rings (SSSR count). The summed E-state index contributed by atoms with van der Waals surface area (Å²) in [4.78, 5) is 17.6. The van der Waals surface area contributed by atoms with Crippen LogP contribution in [0.25, 0.3) is 11.5 Å². The molecule has 2 aromatic rings. The van der Waals surface area contributed by atoms with Gasteiger partial charge in [-0.2, -0.15) is 16.3 Å². The quantitative estimate of drug-likeness (QED) is 0.931. The van der Waals surface area contributed by atoms with E-state index >= 15 is 0 Å². The Morgan fingerprint density at radius 2 is 2.50 bits per heavy atom. The van der Waals surface area contributed by atoms with Crippen molar-refractivity contribution in [3.8, 4) is 11.5 Å². The van der Waals surface area contributed by atoms with Crippen molar-refractivity contribution in [3.05, 3.63) is 22.7 Å². The van der Waals surface area contributed by atoms with Crippen LogP contribution in [0.1, 0.15) is 25.6 Å². The van der Waals surface area contributed by atoms with Crippen LogP contribution in [0, 0.1) is 0 Å². The summed E-state index contributed by atoms with van der Waals surface area (Å²) >= 11 is 1.56. The van der Waals surface area contributed by atoms with Crippen LogP contribution < -0.4 is 0 Å². The number of likely N-dealkylation sites (tertiary alicyclic amines) is 1. The van der Waals surface area contributed by atoms with Crippen LogP contribution in [0.15, 0.2) is 21.3 Å². The SMILES string of the molecule is CC1(C(=O)O)CCCN1Cc1noc(-c2ccsc2)n1. The van der Waals surface area contributed by atoms with E-state index in [-0.39, 0.29) is 0 Å². The molecular formula is C13H15N3O3S. The number of aromatic nitrogens is 2. The van der Waals surface area contributed by atoms with Gasteiger partial charge in [-0.25, -0.2) is 0 Å². The summed E-state index contributed by atoms with van der Waals surface area (Å²) < 4.78 is 5.22. The molecule has 0 saturated carbocycles. The first kappa shape index (κ1) is 13.3. The van der Waals surface area contributed by atoms with Crippen molar-refractivity contribution in [1.82, 2.24) is 15.0 Å². The molecule has 1 unspecified atom stereocenters. The predicted octanol–water partition coefficient (Wildman–Crippen LogP) is 2.24. The lowest BCUT2D eigenvalue weighted by molar-refractivity contribution is -0.149. The lowest BCUT2D eigenvalue weighted by atomic mass is 9.99. The van der Waals surface area contributed by atoms with E-state index < -0.39 is 11.5 Å². The third-order valence-electron chi connectivity index (χ3n) is 3.82. The van der Waals surface area contributed by atoms with Gasteiger partial charge in [0, 0.05) is 5.38 Å². The van der Waals surface area contributed by atoms with E-state index in [1.54, 1.807) is 18.3 Å². The highest BCUT2D eigenvalue weighted by Crippen LogP contribution is 2.30. The van der Waals surface area contributed by atoms with Crippen molar-refractivity contribution in [2.24, 2.45) is 0 Å². The van der Waals surface area contributed by atoms with Gasteiger partial charge in [0.1, 0.15) is 5.54 Å². The molecule has 0 radical (unpaired) electrons. The summed E-state index contributed by atoms with van der Waals surface area (Å²) in [7, 11) is 0. The molecule has 1 atom stereocenters. The summed E-state index contributed by atoms with van der Waals surface area (Å²) in [6.45, 7) is 2.89. The van der Waals surface area contributed by atoms with Crippen molar-refractivity contribution >= 4 is 17.3 Å². The Bertz CT molecular complexity index is 610. The second kappa shape index (κ2) is 4.99. The second-order valence-corrected chi connectivity index (χ2v) is 5.91. The van der Waals surface area contributed by atoms with E-state index in [0.29, 0.717) is 24.7 Å². The van der Waals surface area contributed by atoms with Gasteiger partial charge in [0.15, 0.2) is 5.82 Å². The van der Waals surface area contributed by atoms with Gasteiger partial charge in [-0.3, -0.25) is 9.69 Å². The van der Waals surface area contributed by atoms with Crippen LogP contribution in [0.5, 0.6) is 0 Å². The summed E-state index contributed by atoms with van der Waals surface area (Å²) in [5.41, 5.74) is 0.0690. The van der Waals surface area contributed by atoms with Crippen molar-refractivity contribution in [2.75, 3.05) is 6.54 Å². The standard InChI is InChI=1S/C13H15N3O3S/c1-13(12(17)18)4-2-5-16(13)7-10-14-11(19-15-10)9-3-6-20-8-9/h3,6,8H,2,4-5,7H2,1H3,(H,17,18). The number of carboxylic acid groups (broad SMARTS) is 1. The van der Waals surface area contributed by atoms with Gasteiger partial charge in [0.05, 0.1) is 12.1 Å². The molecule has 1 aliphatic rings. The fraction of sp³-hybridized carbons (Fsp3) is 0.462. The maximum Gasteiger partial charge on any atom is 0.323 e. The highest BCUT2D eigenvalue weighted by atomic mass is 32.1. The van der Waals surface area contributed by atoms with Crippen molar-refractivity contribution in [2.45, 2.75) is 31.8 Å². The van der Waals surface area contributed by atoms with Gasteiger partial charge in [-0.1, -0.05) is 5.16 Å². The molecule has 1 N–H and O–H groups in total. The Hall–Kier alpha value is -1.73. The number of carbonyl (C=O) groups is 1. The van der Waals surface area contributed by atoms with Crippen LogP contribution in [-0.4, -0.2) is 38.2 Å². The zero-order valence-corrected chi connectivity index (χ0v) is 11.9. The van der Waals surface area contributed by atoms with E-state index in [2.05, 4.69) is 10.1 Å². The van der Waals surface area contributed by atoms with Gasteiger partial charge in [-0.05, 0) is 37.8 Å². The van der Waals surface area contributed by atoms with Crippen molar-refractivity contribution < 1.29 is 14.4 Å². The smallest absolute Gasteiger partial charge is 0.323 e.